The van der Waals surface area contributed by atoms with Crippen LogP contribution in [0.2, 0.25) is 0 Å². The lowest BCUT2D eigenvalue weighted by atomic mass is 10.1. The van der Waals surface area contributed by atoms with E-state index in [4.69, 9.17) is 14.2 Å². The molecule has 168 valence electrons. The van der Waals surface area contributed by atoms with Crippen molar-refractivity contribution in [1.29, 1.82) is 0 Å². The van der Waals surface area contributed by atoms with Crippen molar-refractivity contribution in [3.8, 4) is 17.2 Å². The summed E-state index contributed by atoms with van der Waals surface area (Å²) >= 11 is 0. The Morgan fingerprint density at radius 2 is 1.61 bits per heavy atom. The van der Waals surface area contributed by atoms with Gasteiger partial charge >= 0.3 is 0 Å². The molecule has 1 atom stereocenters. The number of guanidine groups is 1. The molecule has 0 bridgehead atoms. The summed E-state index contributed by atoms with van der Waals surface area (Å²) in [5.74, 6) is 2.63. The van der Waals surface area contributed by atoms with Gasteiger partial charge in [0.25, 0.3) is 0 Å². The van der Waals surface area contributed by atoms with Crippen LogP contribution in [-0.2, 0) is 6.54 Å². The predicted octanol–water partition coefficient (Wildman–Crippen LogP) is 3.21. The van der Waals surface area contributed by atoms with Crippen molar-refractivity contribution in [3.05, 3.63) is 53.6 Å². The molecule has 0 aromatic heterocycles. The number of aliphatic imine (C=N–C) groups is 1. The molecule has 2 aromatic rings. The quantitative estimate of drug-likeness (QED) is 0.474. The Hall–Kier alpha value is -2.93. The van der Waals surface area contributed by atoms with E-state index in [0.29, 0.717) is 29.8 Å². The summed E-state index contributed by atoms with van der Waals surface area (Å²) in [7, 11) is 6.64. The lowest BCUT2D eigenvalue weighted by molar-refractivity contribution is 0.245. The van der Waals surface area contributed by atoms with Gasteiger partial charge in [0.15, 0.2) is 17.5 Å². The van der Waals surface area contributed by atoms with Crippen molar-refractivity contribution >= 4 is 5.96 Å². The van der Waals surface area contributed by atoms with Crippen LogP contribution in [-0.4, -0.2) is 58.9 Å². The van der Waals surface area contributed by atoms with Crippen LogP contribution in [0, 0.1) is 0 Å². The van der Waals surface area contributed by atoms with E-state index in [1.165, 1.54) is 18.4 Å². The van der Waals surface area contributed by atoms with Crippen LogP contribution in [0.1, 0.15) is 30.0 Å². The first-order chi connectivity index (χ1) is 15.2. The van der Waals surface area contributed by atoms with Crippen LogP contribution in [0.5, 0.6) is 17.2 Å². The van der Waals surface area contributed by atoms with E-state index in [1.807, 2.05) is 12.1 Å². The molecule has 31 heavy (non-hydrogen) atoms. The zero-order chi connectivity index (χ0) is 22.1. The average molecular weight is 427 g/mol. The molecule has 0 radical (unpaired) electrons. The Morgan fingerprint density at radius 1 is 0.968 bits per heavy atom. The Balaban J connectivity index is 1.65. The summed E-state index contributed by atoms with van der Waals surface area (Å²) in [6.45, 7) is 3.65. The topological polar surface area (TPSA) is 67.4 Å². The van der Waals surface area contributed by atoms with Gasteiger partial charge in [0, 0.05) is 20.1 Å². The predicted molar refractivity (Wildman–Crippen MR) is 124 cm³/mol. The maximum Gasteiger partial charge on any atom is 0.203 e. The maximum absolute atomic E-state index is 5.45. The van der Waals surface area contributed by atoms with Crippen LogP contribution in [0.4, 0.5) is 0 Å². The van der Waals surface area contributed by atoms with Crippen LogP contribution >= 0.6 is 0 Å². The molecule has 0 spiro atoms. The van der Waals surface area contributed by atoms with Crippen molar-refractivity contribution in [2.24, 2.45) is 4.99 Å². The summed E-state index contributed by atoms with van der Waals surface area (Å²) in [6, 6.07) is 14.9. The number of benzene rings is 2. The van der Waals surface area contributed by atoms with Crippen molar-refractivity contribution in [2.75, 3.05) is 48.0 Å². The van der Waals surface area contributed by atoms with Crippen molar-refractivity contribution in [2.45, 2.75) is 25.4 Å². The molecule has 1 unspecified atom stereocenters. The molecule has 2 aromatic carbocycles. The minimum Gasteiger partial charge on any atom is -0.493 e. The van der Waals surface area contributed by atoms with E-state index < -0.39 is 0 Å². The zero-order valence-electron chi connectivity index (χ0n) is 19.0. The third kappa shape index (κ3) is 5.82. The third-order valence-electron chi connectivity index (χ3n) is 5.64. The smallest absolute Gasteiger partial charge is 0.203 e. The lowest BCUT2D eigenvalue weighted by Gasteiger charge is -2.29. The normalized spacial score (nSPS) is 15.4. The number of methoxy groups -OCH3 is 3. The van der Waals surface area contributed by atoms with Gasteiger partial charge in [-0.15, -0.1) is 0 Å². The molecule has 1 aliphatic heterocycles. The van der Waals surface area contributed by atoms with E-state index in [2.05, 4.69) is 50.9 Å². The number of nitrogens with zero attached hydrogens (tertiary/aromatic N) is 2. The van der Waals surface area contributed by atoms with Gasteiger partial charge in [0.1, 0.15) is 0 Å². The van der Waals surface area contributed by atoms with Gasteiger partial charge < -0.3 is 24.8 Å². The first-order valence-corrected chi connectivity index (χ1v) is 10.7. The summed E-state index contributed by atoms with van der Waals surface area (Å²) in [5.41, 5.74) is 2.34. The van der Waals surface area contributed by atoms with Crippen LogP contribution < -0.4 is 24.8 Å². The highest BCUT2D eigenvalue weighted by Gasteiger charge is 2.23. The SMILES string of the molecule is CN=C(NCc1cc(OC)c(OC)c(OC)c1)NCC(c1ccccc1)N1CCCC1. The van der Waals surface area contributed by atoms with Crippen molar-refractivity contribution < 1.29 is 14.2 Å². The lowest BCUT2D eigenvalue weighted by Crippen LogP contribution is -2.42. The highest BCUT2D eigenvalue weighted by atomic mass is 16.5. The number of rotatable bonds is 9. The summed E-state index contributed by atoms with van der Waals surface area (Å²) < 4.78 is 16.3. The fourth-order valence-corrected chi connectivity index (χ4v) is 4.02. The molecule has 1 heterocycles. The third-order valence-corrected chi connectivity index (χ3v) is 5.64. The molecule has 0 amide bonds. The Labute approximate surface area is 185 Å². The molecular formula is C24H34N4O3. The Kier molecular flexibility index (Phi) is 8.41. The molecule has 2 N–H and O–H groups in total. The van der Waals surface area contributed by atoms with Crippen LogP contribution in [0.25, 0.3) is 0 Å². The number of likely N-dealkylation sites (tertiary alicyclic amines) is 1. The first-order valence-electron chi connectivity index (χ1n) is 10.7. The Morgan fingerprint density at radius 3 is 2.16 bits per heavy atom. The van der Waals surface area contributed by atoms with E-state index in [9.17, 15) is 0 Å². The number of nitrogens with one attached hydrogen (secondary N) is 2. The molecule has 1 aliphatic rings. The molecule has 0 aliphatic carbocycles. The first kappa shape index (κ1) is 22.7. The zero-order valence-corrected chi connectivity index (χ0v) is 19.0. The van der Waals surface area contributed by atoms with Crippen LogP contribution in [0.3, 0.4) is 0 Å². The minimum absolute atomic E-state index is 0.323. The van der Waals surface area contributed by atoms with Gasteiger partial charge in [-0.05, 0) is 49.2 Å². The number of ether oxygens (including phenoxy) is 3. The summed E-state index contributed by atoms with van der Waals surface area (Å²) in [6.07, 6.45) is 2.52. The molecule has 1 fully saturated rings. The standard InChI is InChI=1S/C24H34N4O3/c1-25-24(26-16-18-14-21(29-2)23(31-4)22(15-18)30-3)27-17-20(28-12-8-9-13-28)19-10-6-5-7-11-19/h5-7,10-11,14-15,20H,8-9,12-13,16-17H2,1-4H3,(H2,25,26,27). The molecule has 3 rings (SSSR count). The summed E-state index contributed by atoms with van der Waals surface area (Å²) in [5, 5.41) is 6.90. The fraction of sp³-hybridized carbons (Fsp3) is 0.458. The van der Waals surface area contributed by atoms with Gasteiger partial charge in [-0.2, -0.15) is 0 Å². The van der Waals surface area contributed by atoms with E-state index in [0.717, 1.165) is 31.2 Å². The number of hydrogen-bond donors (Lipinski definition) is 2. The highest BCUT2D eigenvalue weighted by Crippen LogP contribution is 2.38. The largest absolute Gasteiger partial charge is 0.493 e. The van der Waals surface area contributed by atoms with Gasteiger partial charge in [0.05, 0.1) is 27.4 Å². The minimum atomic E-state index is 0.323. The van der Waals surface area contributed by atoms with Gasteiger partial charge in [-0.25, -0.2) is 0 Å². The molecule has 7 nitrogen and oxygen atoms in total. The monoisotopic (exact) mass is 426 g/mol. The highest BCUT2D eigenvalue weighted by molar-refractivity contribution is 5.79. The van der Waals surface area contributed by atoms with Gasteiger partial charge in [-0.3, -0.25) is 9.89 Å². The van der Waals surface area contributed by atoms with Gasteiger partial charge in [0.2, 0.25) is 5.75 Å². The molecule has 0 saturated carbocycles. The maximum atomic E-state index is 5.45. The second-order valence-corrected chi connectivity index (χ2v) is 7.51. The second kappa shape index (κ2) is 11.5. The molecule has 1 saturated heterocycles. The second-order valence-electron chi connectivity index (χ2n) is 7.51. The van der Waals surface area contributed by atoms with Crippen molar-refractivity contribution in [3.63, 3.8) is 0 Å². The fourth-order valence-electron chi connectivity index (χ4n) is 4.02. The summed E-state index contributed by atoms with van der Waals surface area (Å²) in [4.78, 5) is 6.95. The average Bonchev–Trinajstić information content (AvgIpc) is 3.35. The van der Waals surface area contributed by atoms with E-state index in [1.54, 1.807) is 28.4 Å². The van der Waals surface area contributed by atoms with E-state index in [-0.39, 0.29) is 0 Å². The van der Waals surface area contributed by atoms with Gasteiger partial charge in [-0.1, -0.05) is 30.3 Å². The van der Waals surface area contributed by atoms with E-state index >= 15 is 0 Å². The number of hydrogen-bond acceptors (Lipinski definition) is 5. The molecular weight excluding hydrogens is 392 g/mol. The molecule has 7 heteroatoms. The van der Waals surface area contributed by atoms with Crippen molar-refractivity contribution in [1.82, 2.24) is 15.5 Å². The van der Waals surface area contributed by atoms with Crippen LogP contribution in [0.15, 0.2) is 47.5 Å². The Bertz CT molecular complexity index is 826.